The Morgan fingerprint density at radius 2 is 1.79 bits per heavy atom. The normalized spacial score (nSPS) is 10.9. The summed E-state index contributed by atoms with van der Waals surface area (Å²) < 4.78 is 4.29. The summed E-state index contributed by atoms with van der Waals surface area (Å²) in [5.74, 6) is -0.117. The number of hydrogen-bond acceptors (Lipinski definition) is 2. The van der Waals surface area contributed by atoms with Gasteiger partial charge in [0.25, 0.3) is 0 Å². The fourth-order valence-corrected chi connectivity index (χ4v) is 3.20. The molecule has 1 heterocycles. The molecule has 3 rings (SSSR count). The van der Waals surface area contributed by atoms with E-state index in [9.17, 15) is 9.59 Å². The maximum Gasteiger partial charge on any atom is 0.329 e. The molecule has 6 heteroatoms. The minimum Gasteiger partial charge on any atom is -0.326 e. The summed E-state index contributed by atoms with van der Waals surface area (Å²) in [4.78, 5) is 24.7. The average molecular weight is 388 g/mol. The molecule has 1 N–H and O–H groups in total. The lowest BCUT2D eigenvalue weighted by Gasteiger charge is -2.06. The summed E-state index contributed by atoms with van der Waals surface area (Å²) in [5.41, 5.74) is 2.42. The van der Waals surface area contributed by atoms with Crippen molar-refractivity contribution in [3.8, 4) is 0 Å². The van der Waals surface area contributed by atoms with Crippen molar-refractivity contribution in [2.45, 2.75) is 26.4 Å². The average Bonchev–Trinajstić information content (AvgIpc) is 2.84. The van der Waals surface area contributed by atoms with Crippen LogP contribution in [0.4, 0.5) is 5.69 Å². The Morgan fingerprint density at radius 3 is 2.46 bits per heavy atom. The third-order valence-electron chi connectivity index (χ3n) is 3.91. The summed E-state index contributed by atoms with van der Waals surface area (Å²) in [5, 5.41) is 2.85. The van der Waals surface area contributed by atoms with E-state index in [-0.39, 0.29) is 18.0 Å². The number of rotatable bonds is 5. The van der Waals surface area contributed by atoms with E-state index < -0.39 is 0 Å². The van der Waals surface area contributed by atoms with Crippen molar-refractivity contribution in [2.24, 2.45) is 0 Å². The van der Waals surface area contributed by atoms with Crippen LogP contribution in [0.5, 0.6) is 0 Å². The van der Waals surface area contributed by atoms with Gasteiger partial charge >= 0.3 is 5.69 Å². The lowest BCUT2D eigenvalue weighted by atomic mass is 10.3. The van der Waals surface area contributed by atoms with Gasteiger partial charge in [-0.2, -0.15) is 0 Å². The summed E-state index contributed by atoms with van der Waals surface area (Å²) in [6, 6.07) is 15.1. The van der Waals surface area contributed by atoms with Gasteiger partial charge in [-0.1, -0.05) is 34.1 Å². The number of nitrogens with one attached hydrogen (secondary N) is 1. The van der Waals surface area contributed by atoms with Gasteiger partial charge in [-0.05, 0) is 37.3 Å². The van der Waals surface area contributed by atoms with Crippen LogP contribution < -0.4 is 11.0 Å². The number of carbonyl (C=O) groups is 1. The highest BCUT2D eigenvalue weighted by Crippen LogP contribution is 2.16. The molecule has 3 aromatic rings. The second-order valence-electron chi connectivity index (χ2n) is 5.48. The predicted octanol–water partition coefficient (Wildman–Crippen LogP) is 3.61. The number of amides is 1. The summed E-state index contributed by atoms with van der Waals surface area (Å²) in [6.45, 7) is 2.90. The van der Waals surface area contributed by atoms with Crippen molar-refractivity contribution in [2.75, 3.05) is 5.32 Å². The van der Waals surface area contributed by atoms with E-state index in [4.69, 9.17) is 0 Å². The van der Waals surface area contributed by atoms with Gasteiger partial charge < -0.3 is 5.32 Å². The first-order chi connectivity index (χ1) is 11.6. The first kappa shape index (κ1) is 16.5. The molecular formula is C18H18BrN3O2. The first-order valence-corrected chi connectivity index (χ1v) is 8.63. The molecule has 0 spiro atoms. The molecule has 0 saturated heterocycles. The lowest BCUT2D eigenvalue weighted by Crippen LogP contribution is -2.25. The molecule has 1 aromatic heterocycles. The van der Waals surface area contributed by atoms with Crippen LogP contribution in [0.2, 0.25) is 0 Å². The zero-order valence-corrected chi connectivity index (χ0v) is 14.9. The third kappa shape index (κ3) is 3.28. The monoisotopic (exact) mass is 387 g/mol. The van der Waals surface area contributed by atoms with Crippen molar-refractivity contribution in [1.82, 2.24) is 9.13 Å². The first-order valence-electron chi connectivity index (χ1n) is 7.83. The predicted molar refractivity (Wildman–Crippen MR) is 99.3 cm³/mol. The number of para-hydroxylation sites is 2. The van der Waals surface area contributed by atoms with Crippen molar-refractivity contribution < 1.29 is 4.79 Å². The van der Waals surface area contributed by atoms with E-state index in [2.05, 4.69) is 21.2 Å². The zero-order valence-electron chi connectivity index (χ0n) is 13.3. The molecule has 0 bridgehead atoms. The van der Waals surface area contributed by atoms with E-state index >= 15 is 0 Å². The number of anilines is 1. The maximum atomic E-state index is 12.5. The van der Waals surface area contributed by atoms with Crippen LogP contribution in [0, 0.1) is 0 Å². The van der Waals surface area contributed by atoms with Crippen molar-refractivity contribution in [3.63, 3.8) is 0 Å². The molecule has 0 aliphatic rings. The van der Waals surface area contributed by atoms with Crippen molar-refractivity contribution >= 4 is 38.6 Å². The smallest absolute Gasteiger partial charge is 0.326 e. The van der Waals surface area contributed by atoms with Crippen LogP contribution in [0.3, 0.4) is 0 Å². The van der Waals surface area contributed by atoms with E-state index in [0.29, 0.717) is 13.1 Å². The Bertz CT molecular complexity index is 943. The van der Waals surface area contributed by atoms with Crippen LogP contribution in [-0.2, 0) is 17.9 Å². The van der Waals surface area contributed by atoms with Crippen LogP contribution >= 0.6 is 15.9 Å². The lowest BCUT2D eigenvalue weighted by molar-refractivity contribution is -0.116. The van der Waals surface area contributed by atoms with E-state index in [0.717, 1.165) is 21.2 Å². The molecule has 0 atom stereocenters. The van der Waals surface area contributed by atoms with Gasteiger partial charge in [0.15, 0.2) is 0 Å². The quantitative estimate of drug-likeness (QED) is 0.726. The highest BCUT2D eigenvalue weighted by Gasteiger charge is 2.12. The highest BCUT2D eigenvalue weighted by atomic mass is 79.9. The van der Waals surface area contributed by atoms with Crippen molar-refractivity contribution in [1.29, 1.82) is 0 Å². The van der Waals surface area contributed by atoms with Crippen LogP contribution in [0.1, 0.15) is 13.3 Å². The zero-order chi connectivity index (χ0) is 17.1. The standard InChI is InChI=1S/C18H18BrN3O2/c1-2-21-15-8-3-4-9-16(15)22(18(21)24)11-10-17(23)20-14-7-5-6-13(19)12-14/h3-9,12H,2,10-11H2,1H3,(H,20,23). The maximum absolute atomic E-state index is 12.5. The molecule has 5 nitrogen and oxygen atoms in total. The Kier molecular flexibility index (Phi) is 4.85. The van der Waals surface area contributed by atoms with E-state index in [1.165, 1.54) is 0 Å². The molecule has 2 aromatic carbocycles. The summed E-state index contributed by atoms with van der Waals surface area (Å²) >= 11 is 3.38. The second-order valence-corrected chi connectivity index (χ2v) is 6.39. The number of carbonyl (C=O) groups excluding carboxylic acids is 1. The topological polar surface area (TPSA) is 56.0 Å². The minimum atomic E-state index is -0.117. The van der Waals surface area contributed by atoms with E-state index in [1.54, 1.807) is 9.13 Å². The highest BCUT2D eigenvalue weighted by molar-refractivity contribution is 9.10. The SMILES string of the molecule is CCn1c(=O)n(CCC(=O)Nc2cccc(Br)c2)c2ccccc21. The Balaban J connectivity index is 1.77. The molecule has 0 aliphatic carbocycles. The molecule has 0 radical (unpaired) electrons. The van der Waals surface area contributed by atoms with Gasteiger partial charge in [-0.15, -0.1) is 0 Å². The van der Waals surface area contributed by atoms with E-state index in [1.807, 2.05) is 55.5 Å². The fourth-order valence-electron chi connectivity index (χ4n) is 2.80. The van der Waals surface area contributed by atoms with Crippen LogP contribution in [-0.4, -0.2) is 15.0 Å². The molecule has 0 unspecified atom stereocenters. The molecule has 1 amide bonds. The Hall–Kier alpha value is -2.34. The Morgan fingerprint density at radius 1 is 1.08 bits per heavy atom. The number of fused-ring (bicyclic) bond motifs is 1. The summed E-state index contributed by atoms with van der Waals surface area (Å²) in [6.07, 6.45) is 0.240. The van der Waals surface area contributed by atoms with Gasteiger partial charge in [0.2, 0.25) is 5.91 Å². The van der Waals surface area contributed by atoms with Crippen molar-refractivity contribution in [3.05, 3.63) is 63.5 Å². The molecular weight excluding hydrogens is 370 g/mol. The molecule has 24 heavy (non-hydrogen) atoms. The number of nitrogens with zero attached hydrogens (tertiary/aromatic N) is 2. The number of halogens is 1. The number of aromatic nitrogens is 2. The van der Waals surface area contributed by atoms with Crippen LogP contribution in [0.15, 0.2) is 57.8 Å². The fraction of sp³-hybridized carbons (Fsp3) is 0.222. The number of imidazole rings is 1. The largest absolute Gasteiger partial charge is 0.329 e. The van der Waals surface area contributed by atoms with Gasteiger partial charge in [-0.3, -0.25) is 13.9 Å². The molecule has 0 saturated carbocycles. The van der Waals surface area contributed by atoms with Gasteiger partial charge in [-0.25, -0.2) is 4.79 Å². The Labute approximate surface area is 148 Å². The molecule has 0 fully saturated rings. The number of benzene rings is 2. The van der Waals surface area contributed by atoms with Gasteiger partial charge in [0.1, 0.15) is 0 Å². The summed E-state index contributed by atoms with van der Waals surface area (Å²) in [7, 11) is 0. The number of aryl methyl sites for hydroxylation is 2. The van der Waals surface area contributed by atoms with Gasteiger partial charge in [0, 0.05) is 29.7 Å². The van der Waals surface area contributed by atoms with Gasteiger partial charge in [0.05, 0.1) is 11.0 Å². The second kappa shape index (κ2) is 7.05. The number of hydrogen-bond donors (Lipinski definition) is 1. The minimum absolute atomic E-state index is 0.0750. The van der Waals surface area contributed by atoms with Crippen LogP contribution in [0.25, 0.3) is 11.0 Å². The third-order valence-corrected chi connectivity index (χ3v) is 4.41. The molecule has 124 valence electrons. The molecule has 0 aliphatic heterocycles.